The molecule has 2 atom stereocenters. The lowest BCUT2D eigenvalue weighted by Gasteiger charge is -2.20. The average Bonchev–Trinajstić information content (AvgIpc) is 2.53. The molecule has 0 aliphatic carbocycles. The zero-order valence-electron chi connectivity index (χ0n) is 12.1. The summed E-state index contributed by atoms with van der Waals surface area (Å²) >= 11 is 0. The maximum absolute atomic E-state index is 10.3. The molecule has 0 amide bonds. The van der Waals surface area contributed by atoms with Crippen LogP contribution in [-0.2, 0) is 0 Å². The molecule has 0 aliphatic heterocycles. The highest BCUT2D eigenvalue weighted by Crippen LogP contribution is 2.26. The summed E-state index contributed by atoms with van der Waals surface area (Å²) in [6.07, 6.45) is 3.48. The minimum atomic E-state index is -0.796. The second-order valence-electron chi connectivity index (χ2n) is 5.21. The number of allylic oxidation sites excluding steroid dienone is 1. The van der Waals surface area contributed by atoms with E-state index in [0.29, 0.717) is 12.0 Å². The summed E-state index contributed by atoms with van der Waals surface area (Å²) in [4.78, 5) is 0. The molecule has 4 heteroatoms. The zero-order valence-corrected chi connectivity index (χ0v) is 12.1. The first kappa shape index (κ1) is 16.1. The van der Waals surface area contributed by atoms with Gasteiger partial charge in [-0.1, -0.05) is 36.4 Å². The molecule has 0 spiro atoms. The van der Waals surface area contributed by atoms with Gasteiger partial charge >= 0.3 is 0 Å². The highest BCUT2D eigenvalue weighted by Gasteiger charge is 2.18. The molecule has 2 aromatic rings. The Morgan fingerprint density at radius 2 is 1.41 bits per heavy atom. The first-order chi connectivity index (χ1) is 10.6. The van der Waals surface area contributed by atoms with Crippen molar-refractivity contribution in [2.24, 2.45) is 5.92 Å². The van der Waals surface area contributed by atoms with Gasteiger partial charge in [-0.2, -0.15) is 0 Å². The van der Waals surface area contributed by atoms with Crippen molar-refractivity contribution >= 4 is 6.08 Å². The van der Waals surface area contributed by atoms with Gasteiger partial charge in [-0.15, -0.1) is 0 Å². The first-order valence-corrected chi connectivity index (χ1v) is 7.13. The molecule has 1 unspecified atom stereocenters. The monoisotopic (exact) mass is 300 g/mol. The number of hydrogen-bond donors (Lipinski definition) is 4. The van der Waals surface area contributed by atoms with E-state index < -0.39 is 6.10 Å². The van der Waals surface area contributed by atoms with Crippen LogP contribution in [0.4, 0.5) is 0 Å². The van der Waals surface area contributed by atoms with Crippen molar-refractivity contribution in [2.45, 2.75) is 12.5 Å². The van der Waals surface area contributed by atoms with Crippen LogP contribution in [0.3, 0.4) is 0 Å². The minimum absolute atomic E-state index is 0.137. The Hall–Kier alpha value is -2.30. The minimum Gasteiger partial charge on any atom is -0.508 e. The van der Waals surface area contributed by atoms with Gasteiger partial charge in [0.15, 0.2) is 0 Å². The van der Waals surface area contributed by atoms with Crippen molar-refractivity contribution in [1.82, 2.24) is 0 Å². The summed E-state index contributed by atoms with van der Waals surface area (Å²) in [5, 5.41) is 38.2. The second kappa shape index (κ2) is 7.64. The standard InChI is InChI=1S/C18H20O4/c19-12-15(18(22)14-6-10-17(21)11-7-14)3-1-2-13-4-8-16(20)9-5-13/h1-2,4-11,15,18-22H,3,12H2/b2-1+/t15?,18-/m1/s1. The van der Waals surface area contributed by atoms with E-state index in [1.807, 2.05) is 12.2 Å². The van der Waals surface area contributed by atoms with E-state index in [1.165, 1.54) is 12.1 Å². The SMILES string of the molecule is OCC(C/C=C/c1ccc(O)cc1)[C@H](O)c1ccc(O)cc1. The van der Waals surface area contributed by atoms with Crippen molar-refractivity contribution in [3.63, 3.8) is 0 Å². The Labute approximate surface area is 129 Å². The van der Waals surface area contributed by atoms with Gasteiger partial charge < -0.3 is 20.4 Å². The predicted octanol–water partition coefficient (Wildman–Crippen LogP) is 2.84. The van der Waals surface area contributed by atoms with Gasteiger partial charge in [-0.3, -0.25) is 0 Å². The second-order valence-corrected chi connectivity index (χ2v) is 5.21. The van der Waals surface area contributed by atoms with E-state index in [0.717, 1.165) is 5.56 Å². The van der Waals surface area contributed by atoms with Crippen LogP contribution in [0.1, 0.15) is 23.7 Å². The number of aliphatic hydroxyl groups excluding tert-OH is 2. The van der Waals surface area contributed by atoms with Crippen LogP contribution < -0.4 is 0 Å². The molecule has 0 heterocycles. The van der Waals surface area contributed by atoms with Crippen molar-refractivity contribution < 1.29 is 20.4 Å². The molecule has 2 rings (SSSR count). The third-order valence-electron chi connectivity index (χ3n) is 3.56. The zero-order chi connectivity index (χ0) is 15.9. The van der Waals surface area contributed by atoms with Crippen molar-refractivity contribution in [2.75, 3.05) is 6.61 Å². The highest BCUT2D eigenvalue weighted by atomic mass is 16.3. The summed E-state index contributed by atoms with van der Waals surface area (Å²) in [5.41, 5.74) is 1.60. The molecule has 0 saturated heterocycles. The lowest BCUT2D eigenvalue weighted by molar-refractivity contribution is 0.0684. The van der Waals surface area contributed by atoms with Gasteiger partial charge in [0, 0.05) is 12.5 Å². The fourth-order valence-electron chi connectivity index (χ4n) is 2.21. The molecule has 0 radical (unpaired) electrons. The van der Waals surface area contributed by atoms with Crippen LogP contribution in [0.5, 0.6) is 11.5 Å². The maximum atomic E-state index is 10.3. The highest BCUT2D eigenvalue weighted by molar-refractivity contribution is 5.50. The van der Waals surface area contributed by atoms with E-state index in [-0.39, 0.29) is 24.0 Å². The summed E-state index contributed by atoms with van der Waals surface area (Å²) in [6.45, 7) is -0.137. The Balaban J connectivity index is 1.99. The van der Waals surface area contributed by atoms with Crippen molar-refractivity contribution in [1.29, 1.82) is 0 Å². The van der Waals surface area contributed by atoms with E-state index in [4.69, 9.17) is 0 Å². The molecule has 2 aromatic carbocycles. The predicted molar refractivity (Wildman–Crippen MR) is 85.4 cm³/mol. The number of hydrogen-bond acceptors (Lipinski definition) is 4. The Bertz CT molecular complexity index is 602. The third kappa shape index (κ3) is 4.35. The summed E-state index contributed by atoms with van der Waals surface area (Å²) < 4.78 is 0. The van der Waals surface area contributed by atoms with Gasteiger partial charge in [0.2, 0.25) is 0 Å². The van der Waals surface area contributed by atoms with Crippen LogP contribution in [0, 0.1) is 5.92 Å². The fraction of sp³-hybridized carbons (Fsp3) is 0.222. The lowest BCUT2D eigenvalue weighted by atomic mass is 9.93. The van der Waals surface area contributed by atoms with Crippen LogP contribution >= 0.6 is 0 Å². The molecule has 116 valence electrons. The lowest BCUT2D eigenvalue weighted by Crippen LogP contribution is -2.15. The smallest absolute Gasteiger partial charge is 0.115 e. The van der Waals surface area contributed by atoms with Gasteiger partial charge in [-0.05, 0) is 41.8 Å². The largest absolute Gasteiger partial charge is 0.508 e. The van der Waals surface area contributed by atoms with E-state index in [1.54, 1.807) is 36.4 Å². The molecule has 4 N–H and O–H groups in total. The molecule has 4 nitrogen and oxygen atoms in total. The van der Waals surface area contributed by atoms with E-state index in [9.17, 15) is 20.4 Å². The van der Waals surface area contributed by atoms with Gasteiger partial charge in [0.1, 0.15) is 11.5 Å². The van der Waals surface area contributed by atoms with E-state index >= 15 is 0 Å². The van der Waals surface area contributed by atoms with Crippen LogP contribution in [0.15, 0.2) is 54.6 Å². The van der Waals surface area contributed by atoms with Crippen molar-refractivity contribution in [3.05, 3.63) is 65.7 Å². The molecule has 0 aliphatic rings. The molecule has 0 aromatic heterocycles. The first-order valence-electron chi connectivity index (χ1n) is 7.13. The quantitative estimate of drug-likeness (QED) is 0.661. The number of aliphatic hydroxyl groups is 2. The molecule has 22 heavy (non-hydrogen) atoms. The topological polar surface area (TPSA) is 80.9 Å². The molecule has 0 fully saturated rings. The molecule has 0 saturated carbocycles. The fourth-order valence-corrected chi connectivity index (χ4v) is 2.21. The van der Waals surface area contributed by atoms with E-state index in [2.05, 4.69) is 0 Å². The van der Waals surface area contributed by atoms with Gasteiger partial charge in [0.05, 0.1) is 6.10 Å². The molecular weight excluding hydrogens is 280 g/mol. The van der Waals surface area contributed by atoms with Crippen LogP contribution in [0.2, 0.25) is 0 Å². The van der Waals surface area contributed by atoms with Crippen molar-refractivity contribution in [3.8, 4) is 11.5 Å². The summed E-state index contributed by atoms with van der Waals surface area (Å²) in [6, 6.07) is 13.1. The molecule has 0 bridgehead atoms. The number of phenols is 2. The van der Waals surface area contributed by atoms with Crippen LogP contribution in [-0.4, -0.2) is 27.0 Å². The number of rotatable bonds is 6. The Morgan fingerprint density at radius 1 is 0.864 bits per heavy atom. The Morgan fingerprint density at radius 3 is 1.95 bits per heavy atom. The number of phenolic OH excluding ortho intramolecular Hbond substituents is 2. The normalized spacial score (nSPS) is 14.1. The average molecular weight is 300 g/mol. The number of aromatic hydroxyl groups is 2. The summed E-state index contributed by atoms with van der Waals surface area (Å²) in [5.74, 6) is 0.0368. The number of benzene rings is 2. The maximum Gasteiger partial charge on any atom is 0.115 e. The summed E-state index contributed by atoms with van der Waals surface area (Å²) in [7, 11) is 0. The van der Waals surface area contributed by atoms with Gasteiger partial charge in [0.25, 0.3) is 0 Å². The molecular formula is C18H20O4. The Kier molecular flexibility index (Phi) is 5.58. The van der Waals surface area contributed by atoms with Gasteiger partial charge in [-0.25, -0.2) is 0 Å². The van der Waals surface area contributed by atoms with Crippen LogP contribution in [0.25, 0.3) is 6.08 Å². The third-order valence-corrected chi connectivity index (χ3v) is 3.56.